The number of morpholine rings is 1. The fourth-order valence-electron chi connectivity index (χ4n) is 3.83. The van der Waals surface area contributed by atoms with Gasteiger partial charge >= 0.3 is 0 Å². The Morgan fingerprint density at radius 3 is 2.59 bits per heavy atom. The van der Waals surface area contributed by atoms with Crippen LogP contribution in [0.5, 0.6) is 0 Å². The van der Waals surface area contributed by atoms with Crippen LogP contribution in [-0.2, 0) is 14.3 Å². The number of likely N-dealkylation sites (tertiary alicyclic amines) is 1. The van der Waals surface area contributed by atoms with E-state index in [4.69, 9.17) is 10.00 Å². The summed E-state index contributed by atoms with van der Waals surface area (Å²) in [6.07, 6.45) is 1.61. The Bertz CT molecular complexity index is 716. The number of hydrogen-bond donors (Lipinski definition) is 2. The van der Waals surface area contributed by atoms with E-state index < -0.39 is 0 Å². The molecule has 2 aliphatic heterocycles. The third kappa shape index (κ3) is 4.65. The van der Waals surface area contributed by atoms with E-state index in [1.165, 1.54) is 4.90 Å². The minimum atomic E-state index is -0.226. The first-order valence-corrected chi connectivity index (χ1v) is 9.61. The summed E-state index contributed by atoms with van der Waals surface area (Å²) in [6, 6.07) is 8.88. The number of rotatable bonds is 4. The van der Waals surface area contributed by atoms with Gasteiger partial charge in [0.05, 0.1) is 37.6 Å². The first-order chi connectivity index (χ1) is 13.1. The molecule has 0 radical (unpaired) electrons. The molecule has 0 unspecified atom stereocenters. The number of nitriles is 1. The van der Waals surface area contributed by atoms with Crippen LogP contribution >= 0.6 is 0 Å². The van der Waals surface area contributed by atoms with Crippen molar-refractivity contribution in [3.8, 4) is 6.07 Å². The van der Waals surface area contributed by atoms with Gasteiger partial charge in [-0.15, -0.1) is 0 Å². The lowest BCUT2D eigenvalue weighted by Gasteiger charge is -2.35. The third-order valence-corrected chi connectivity index (χ3v) is 5.61. The highest BCUT2D eigenvalue weighted by Crippen LogP contribution is 2.16. The third-order valence-electron chi connectivity index (χ3n) is 5.61. The molecule has 3 rings (SSSR count). The van der Waals surface area contributed by atoms with Gasteiger partial charge in [0.25, 0.3) is 5.91 Å². The molecule has 2 fully saturated rings. The molecule has 0 saturated carbocycles. The monoisotopic (exact) mass is 371 g/mol. The van der Waals surface area contributed by atoms with Gasteiger partial charge in [0.2, 0.25) is 5.91 Å². The number of piperidine rings is 1. The SMILES string of the molecule is C[C@H](C(=O)Nc1ccccc1C#N)[NH+]1CCC(C(=O)N2CCOCC2)CC1. The first-order valence-electron chi connectivity index (χ1n) is 9.61. The van der Waals surface area contributed by atoms with E-state index in [1.54, 1.807) is 24.3 Å². The van der Waals surface area contributed by atoms with Crippen molar-refractivity contribution < 1.29 is 19.2 Å². The number of hydrogen-bond acceptors (Lipinski definition) is 4. The highest BCUT2D eigenvalue weighted by Gasteiger charge is 2.35. The molecule has 1 aromatic rings. The predicted octanol–water partition coefficient (Wildman–Crippen LogP) is 0.0390. The number of nitrogens with one attached hydrogen (secondary N) is 2. The van der Waals surface area contributed by atoms with E-state index in [0.717, 1.165) is 25.9 Å². The topological polar surface area (TPSA) is 86.9 Å². The van der Waals surface area contributed by atoms with E-state index >= 15 is 0 Å². The highest BCUT2D eigenvalue weighted by atomic mass is 16.5. The zero-order valence-electron chi connectivity index (χ0n) is 15.7. The van der Waals surface area contributed by atoms with Crippen LogP contribution in [0, 0.1) is 17.2 Å². The summed E-state index contributed by atoms with van der Waals surface area (Å²) in [5, 5.41) is 12.0. The molecule has 0 aromatic heterocycles. The Morgan fingerprint density at radius 1 is 1.26 bits per heavy atom. The fourth-order valence-corrected chi connectivity index (χ4v) is 3.83. The lowest BCUT2D eigenvalue weighted by Crippen LogP contribution is -3.17. The van der Waals surface area contributed by atoms with Gasteiger partial charge < -0.3 is 19.9 Å². The van der Waals surface area contributed by atoms with Crippen molar-refractivity contribution in [3.05, 3.63) is 29.8 Å². The fraction of sp³-hybridized carbons (Fsp3) is 0.550. The molecule has 0 aliphatic carbocycles. The van der Waals surface area contributed by atoms with E-state index in [-0.39, 0.29) is 23.8 Å². The number of nitrogens with zero attached hydrogens (tertiary/aromatic N) is 2. The summed E-state index contributed by atoms with van der Waals surface area (Å²) in [5.41, 5.74) is 1.01. The molecule has 2 heterocycles. The number of quaternary nitrogens is 1. The number of carbonyl (C=O) groups excluding carboxylic acids is 2. The maximum atomic E-state index is 12.6. The number of benzene rings is 1. The molecule has 0 spiro atoms. The number of para-hydroxylation sites is 1. The Balaban J connectivity index is 1.52. The van der Waals surface area contributed by atoms with Crippen LogP contribution in [-0.4, -0.2) is 62.1 Å². The normalized spacial score (nSPS) is 23.9. The van der Waals surface area contributed by atoms with Gasteiger partial charge in [-0.2, -0.15) is 5.26 Å². The molecular weight excluding hydrogens is 344 g/mol. The van der Waals surface area contributed by atoms with Gasteiger partial charge in [0, 0.05) is 31.8 Å². The minimum absolute atomic E-state index is 0.0569. The van der Waals surface area contributed by atoms with E-state index in [1.807, 2.05) is 11.8 Å². The van der Waals surface area contributed by atoms with Crippen LogP contribution in [0.3, 0.4) is 0 Å². The summed E-state index contributed by atoms with van der Waals surface area (Å²) in [4.78, 5) is 28.3. The molecule has 2 N–H and O–H groups in total. The molecule has 2 aliphatic rings. The summed E-state index contributed by atoms with van der Waals surface area (Å²) >= 11 is 0. The van der Waals surface area contributed by atoms with Crippen molar-refractivity contribution in [3.63, 3.8) is 0 Å². The van der Waals surface area contributed by atoms with Gasteiger partial charge in [-0.3, -0.25) is 9.59 Å². The highest BCUT2D eigenvalue weighted by molar-refractivity contribution is 5.94. The molecule has 144 valence electrons. The van der Waals surface area contributed by atoms with Crippen LogP contribution in [0.15, 0.2) is 24.3 Å². The molecule has 2 amide bonds. The van der Waals surface area contributed by atoms with Gasteiger partial charge in [-0.25, -0.2) is 0 Å². The Morgan fingerprint density at radius 2 is 1.93 bits per heavy atom. The minimum Gasteiger partial charge on any atom is -0.378 e. The number of ether oxygens (including phenoxy) is 1. The van der Waals surface area contributed by atoms with Crippen LogP contribution < -0.4 is 10.2 Å². The molecule has 1 aromatic carbocycles. The largest absolute Gasteiger partial charge is 0.378 e. The van der Waals surface area contributed by atoms with Crippen molar-refractivity contribution in [2.75, 3.05) is 44.7 Å². The maximum Gasteiger partial charge on any atom is 0.282 e. The number of amides is 2. The zero-order chi connectivity index (χ0) is 19.2. The van der Waals surface area contributed by atoms with Crippen LogP contribution in [0.25, 0.3) is 0 Å². The van der Waals surface area contributed by atoms with E-state index in [0.29, 0.717) is 37.6 Å². The molecule has 0 bridgehead atoms. The molecule has 7 nitrogen and oxygen atoms in total. The van der Waals surface area contributed by atoms with Crippen LogP contribution in [0.2, 0.25) is 0 Å². The van der Waals surface area contributed by atoms with Gasteiger partial charge in [-0.1, -0.05) is 12.1 Å². The lowest BCUT2D eigenvalue weighted by atomic mass is 9.94. The number of carbonyl (C=O) groups is 2. The van der Waals surface area contributed by atoms with Crippen molar-refractivity contribution in [2.45, 2.75) is 25.8 Å². The molecule has 27 heavy (non-hydrogen) atoms. The smallest absolute Gasteiger partial charge is 0.282 e. The van der Waals surface area contributed by atoms with Gasteiger partial charge in [0.15, 0.2) is 6.04 Å². The summed E-state index contributed by atoms with van der Waals surface area (Å²) in [7, 11) is 0. The quantitative estimate of drug-likeness (QED) is 0.782. The molecule has 7 heteroatoms. The van der Waals surface area contributed by atoms with E-state index in [2.05, 4.69) is 11.4 Å². The second-order valence-corrected chi connectivity index (χ2v) is 7.24. The molecule has 1 atom stereocenters. The second-order valence-electron chi connectivity index (χ2n) is 7.24. The summed E-state index contributed by atoms with van der Waals surface area (Å²) < 4.78 is 5.31. The van der Waals surface area contributed by atoms with Crippen LogP contribution in [0.1, 0.15) is 25.3 Å². The Hall–Kier alpha value is -2.43. The van der Waals surface area contributed by atoms with Crippen molar-refractivity contribution in [1.29, 1.82) is 5.26 Å². The first kappa shape index (κ1) is 19.3. The lowest BCUT2D eigenvalue weighted by molar-refractivity contribution is -0.919. The van der Waals surface area contributed by atoms with Crippen molar-refractivity contribution >= 4 is 17.5 Å². The van der Waals surface area contributed by atoms with E-state index in [9.17, 15) is 9.59 Å². The second kappa shape index (κ2) is 8.98. The van der Waals surface area contributed by atoms with Crippen molar-refractivity contribution in [2.24, 2.45) is 5.92 Å². The summed E-state index contributed by atoms with van der Waals surface area (Å²) in [6.45, 7) is 6.12. The molecular formula is C20H27N4O3+. The Labute approximate surface area is 159 Å². The summed E-state index contributed by atoms with van der Waals surface area (Å²) in [5.74, 6) is 0.199. The van der Waals surface area contributed by atoms with Crippen LogP contribution in [0.4, 0.5) is 5.69 Å². The standard InChI is InChI=1S/C20H26N4O3/c1-15(19(25)22-18-5-3-2-4-17(18)14-21)23-8-6-16(7-9-23)20(26)24-10-12-27-13-11-24/h2-5,15-16H,6-13H2,1H3,(H,22,25)/p+1/t15-/m1/s1. The molecule has 2 saturated heterocycles. The van der Waals surface area contributed by atoms with Gasteiger partial charge in [-0.05, 0) is 19.1 Å². The zero-order valence-corrected chi connectivity index (χ0v) is 15.7. The van der Waals surface area contributed by atoms with Gasteiger partial charge in [0.1, 0.15) is 6.07 Å². The Kier molecular flexibility index (Phi) is 6.43. The maximum absolute atomic E-state index is 12.6. The van der Waals surface area contributed by atoms with Crippen molar-refractivity contribution in [1.82, 2.24) is 4.90 Å². The average Bonchev–Trinajstić information content (AvgIpc) is 2.73. The average molecular weight is 371 g/mol. The predicted molar refractivity (Wildman–Crippen MR) is 100 cm³/mol. The number of anilines is 1.